The molecule has 5 heteroatoms. The molecule has 0 saturated heterocycles. The summed E-state index contributed by atoms with van der Waals surface area (Å²) in [6.45, 7) is 1.83. The standard InChI is InChI=1S/C11H9NO3S/c1-7-8(4-6-15-7)16-9-3-2-5-12-10(9)11(13)14/h2-6H,1H3,(H,13,14). The van der Waals surface area contributed by atoms with Gasteiger partial charge in [0.1, 0.15) is 5.76 Å². The first-order valence-corrected chi connectivity index (χ1v) is 5.40. The van der Waals surface area contributed by atoms with Gasteiger partial charge in [-0.05, 0) is 25.1 Å². The molecule has 82 valence electrons. The summed E-state index contributed by atoms with van der Waals surface area (Å²) in [6.07, 6.45) is 3.05. The minimum absolute atomic E-state index is 0.0631. The van der Waals surface area contributed by atoms with E-state index in [4.69, 9.17) is 9.52 Å². The third kappa shape index (κ3) is 2.09. The van der Waals surface area contributed by atoms with Gasteiger partial charge < -0.3 is 9.52 Å². The Kier molecular flexibility index (Phi) is 2.96. The predicted octanol–water partition coefficient (Wildman–Crippen LogP) is 2.83. The number of carboxylic acids is 1. The van der Waals surface area contributed by atoms with Gasteiger partial charge >= 0.3 is 5.97 Å². The van der Waals surface area contributed by atoms with Gasteiger partial charge in [0.2, 0.25) is 0 Å². The Labute approximate surface area is 96.3 Å². The maximum absolute atomic E-state index is 10.9. The molecule has 2 aromatic rings. The number of aryl methyl sites for hydroxylation is 1. The summed E-state index contributed by atoms with van der Waals surface area (Å²) < 4.78 is 5.15. The highest BCUT2D eigenvalue weighted by molar-refractivity contribution is 7.99. The van der Waals surface area contributed by atoms with Crippen molar-refractivity contribution in [3.05, 3.63) is 42.1 Å². The lowest BCUT2D eigenvalue weighted by Crippen LogP contribution is -2.01. The van der Waals surface area contributed by atoms with E-state index in [1.807, 2.05) is 6.92 Å². The molecule has 0 aliphatic carbocycles. The first kappa shape index (κ1) is 10.8. The summed E-state index contributed by atoms with van der Waals surface area (Å²) in [7, 11) is 0. The molecule has 0 bridgehead atoms. The van der Waals surface area contributed by atoms with E-state index in [-0.39, 0.29) is 5.69 Å². The molecule has 0 saturated carbocycles. The molecule has 0 fully saturated rings. The molecule has 0 spiro atoms. The van der Waals surface area contributed by atoms with Gasteiger partial charge in [-0.15, -0.1) is 0 Å². The zero-order chi connectivity index (χ0) is 11.5. The van der Waals surface area contributed by atoms with Crippen LogP contribution in [0.1, 0.15) is 16.2 Å². The van der Waals surface area contributed by atoms with Gasteiger partial charge in [0.25, 0.3) is 0 Å². The molecule has 2 aromatic heterocycles. The largest absolute Gasteiger partial charge is 0.476 e. The molecule has 0 aliphatic heterocycles. The minimum atomic E-state index is -1.02. The second-order valence-electron chi connectivity index (χ2n) is 3.10. The van der Waals surface area contributed by atoms with Crippen LogP contribution in [0.2, 0.25) is 0 Å². The van der Waals surface area contributed by atoms with Crippen LogP contribution in [0, 0.1) is 6.92 Å². The number of rotatable bonds is 3. The Morgan fingerprint density at radius 3 is 2.88 bits per heavy atom. The lowest BCUT2D eigenvalue weighted by Gasteiger charge is -2.02. The van der Waals surface area contributed by atoms with E-state index in [0.717, 1.165) is 10.7 Å². The number of carboxylic acid groups (broad SMARTS) is 1. The van der Waals surface area contributed by atoms with E-state index >= 15 is 0 Å². The van der Waals surface area contributed by atoms with E-state index < -0.39 is 5.97 Å². The van der Waals surface area contributed by atoms with Crippen LogP contribution < -0.4 is 0 Å². The van der Waals surface area contributed by atoms with Crippen molar-refractivity contribution in [2.24, 2.45) is 0 Å². The SMILES string of the molecule is Cc1occc1Sc1cccnc1C(=O)O. The Morgan fingerprint density at radius 2 is 2.25 bits per heavy atom. The van der Waals surface area contributed by atoms with E-state index in [0.29, 0.717) is 4.90 Å². The van der Waals surface area contributed by atoms with Crippen molar-refractivity contribution < 1.29 is 14.3 Å². The fourth-order valence-corrected chi connectivity index (χ4v) is 2.17. The molecule has 0 aliphatic rings. The average Bonchev–Trinajstić information content (AvgIpc) is 2.65. The second kappa shape index (κ2) is 4.40. The second-order valence-corrected chi connectivity index (χ2v) is 4.18. The maximum atomic E-state index is 10.9. The van der Waals surface area contributed by atoms with Gasteiger partial charge in [-0.25, -0.2) is 9.78 Å². The fraction of sp³-hybridized carbons (Fsp3) is 0.0909. The third-order valence-electron chi connectivity index (χ3n) is 2.00. The van der Waals surface area contributed by atoms with Crippen molar-refractivity contribution in [2.75, 3.05) is 0 Å². The van der Waals surface area contributed by atoms with Crippen molar-refractivity contribution in [3.63, 3.8) is 0 Å². The number of aromatic carboxylic acids is 1. The highest BCUT2D eigenvalue weighted by Gasteiger charge is 2.13. The maximum Gasteiger partial charge on any atom is 0.355 e. The summed E-state index contributed by atoms with van der Waals surface area (Å²) in [4.78, 5) is 16.3. The van der Waals surface area contributed by atoms with Crippen molar-refractivity contribution >= 4 is 17.7 Å². The molecule has 0 atom stereocenters. The van der Waals surface area contributed by atoms with Crippen LogP contribution in [0.25, 0.3) is 0 Å². The molecule has 0 radical (unpaired) electrons. The third-order valence-corrected chi connectivity index (χ3v) is 3.20. The number of hydrogen-bond donors (Lipinski definition) is 1. The molecule has 16 heavy (non-hydrogen) atoms. The highest BCUT2D eigenvalue weighted by atomic mass is 32.2. The van der Waals surface area contributed by atoms with E-state index in [2.05, 4.69) is 4.98 Å². The van der Waals surface area contributed by atoms with E-state index in [9.17, 15) is 4.79 Å². The Bertz CT molecular complexity index is 521. The lowest BCUT2D eigenvalue weighted by atomic mass is 10.3. The molecule has 2 rings (SSSR count). The Balaban J connectivity index is 2.35. The number of carbonyl (C=O) groups is 1. The fourth-order valence-electron chi connectivity index (χ4n) is 1.23. The van der Waals surface area contributed by atoms with Crippen LogP contribution in [0.3, 0.4) is 0 Å². The summed E-state index contributed by atoms with van der Waals surface area (Å²) in [5, 5.41) is 8.96. The Morgan fingerprint density at radius 1 is 1.44 bits per heavy atom. The molecule has 0 unspecified atom stereocenters. The zero-order valence-electron chi connectivity index (χ0n) is 8.51. The van der Waals surface area contributed by atoms with Gasteiger partial charge in [0.05, 0.1) is 11.2 Å². The predicted molar refractivity (Wildman–Crippen MR) is 58.8 cm³/mol. The summed E-state index contributed by atoms with van der Waals surface area (Å²) in [6, 6.07) is 5.25. The summed E-state index contributed by atoms with van der Waals surface area (Å²) in [5.74, 6) is -0.255. The van der Waals surface area contributed by atoms with Crippen molar-refractivity contribution in [1.82, 2.24) is 4.98 Å². The quantitative estimate of drug-likeness (QED) is 0.886. The normalized spacial score (nSPS) is 10.3. The van der Waals surface area contributed by atoms with Crippen LogP contribution in [-0.2, 0) is 0 Å². The number of aromatic nitrogens is 1. The smallest absolute Gasteiger partial charge is 0.355 e. The number of nitrogens with zero attached hydrogens (tertiary/aromatic N) is 1. The van der Waals surface area contributed by atoms with Crippen molar-refractivity contribution in [2.45, 2.75) is 16.7 Å². The van der Waals surface area contributed by atoms with Gasteiger partial charge in [-0.1, -0.05) is 11.8 Å². The average molecular weight is 235 g/mol. The minimum Gasteiger partial charge on any atom is -0.476 e. The molecular formula is C11H9NO3S. The number of furan rings is 1. The van der Waals surface area contributed by atoms with Gasteiger partial charge in [0, 0.05) is 11.1 Å². The van der Waals surface area contributed by atoms with Crippen LogP contribution in [0.15, 0.2) is 44.9 Å². The molecule has 0 amide bonds. The van der Waals surface area contributed by atoms with Gasteiger partial charge in [-0.3, -0.25) is 0 Å². The van der Waals surface area contributed by atoms with Crippen LogP contribution >= 0.6 is 11.8 Å². The van der Waals surface area contributed by atoms with E-state index in [1.165, 1.54) is 18.0 Å². The summed E-state index contributed by atoms with van der Waals surface area (Å²) in [5.41, 5.74) is 0.0631. The highest BCUT2D eigenvalue weighted by Crippen LogP contribution is 2.32. The van der Waals surface area contributed by atoms with Gasteiger partial charge in [-0.2, -0.15) is 0 Å². The van der Waals surface area contributed by atoms with Gasteiger partial charge in [0.15, 0.2) is 5.69 Å². The molecule has 1 N–H and O–H groups in total. The first-order chi connectivity index (χ1) is 7.68. The first-order valence-electron chi connectivity index (χ1n) is 4.58. The molecule has 2 heterocycles. The number of hydrogen-bond acceptors (Lipinski definition) is 4. The van der Waals surface area contributed by atoms with Crippen LogP contribution in [0.5, 0.6) is 0 Å². The zero-order valence-corrected chi connectivity index (χ0v) is 9.32. The lowest BCUT2D eigenvalue weighted by molar-refractivity contribution is 0.0686. The van der Waals surface area contributed by atoms with Crippen molar-refractivity contribution in [1.29, 1.82) is 0 Å². The molecule has 0 aromatic carbocycles. The number of pyridine rings is 1. The molecule has 4 nitrogen and oxygen atoms in total. The Hall–Kier alpha value is -1.75. The van der Waals surface area contributed by atoms with E-state index in [1.54, 1.807) is 24.5 Å². The topological polar surface area (TPSA) is 63.3 Å². The van der Waals surface area contributed by atoms with Crippen LogP contribution in [0.4, 0.5) is 0 Å². The monoisotopic (exact) mass is 235 g/mol. The van der Waals surface area contributed by atoms with Crippen LogP contribution in [-0.4, -0.2) is 16.1 Å². The van der Waals surface area contributed by atoms with Crippen molar-refractivity contribution in [3.8, 4) is 0 Å². The summed E-state index contributed by atoms with van der Waals surface area (Å²) >= 11 is 1.34. The molecular weight excluding hydrogens is 226 g/mol.